The van der Waals surface area contributed by atoms with Crippen molar-refractivity contribution in [2.45, 2.75) is 39.2 Å². The molecule has 1 amide bonds. The lowest BCUT2D eigenvalue weighted by molar-refractivity contribution is -0.131. The summed E-state index contributed by atoms with van der Waals surface area (Å²) in [5, 5.41) is 1.22. The van der Waals surface area contributed by atoms with Gasteiger partial charge in [-0.25, -0.2) is 0 Å². The second kappa shape index (κ2) is 6.34. The highest BCUT2D eigenvalue weighted by Gasteiger charge is 2.22. The van der Waals surface area contributed by atoms with Crippen LogP contribution in [0.2, 0.25) is 0 Å². The number of H-pyrrole nitrogens is 1. The van der Waals surface area contributed by atoms with E-state index in [9.17, 15) is 4.79 Å². The Morgan fingerprint density at radius 3 is 2.77 bits per heavy atom. The maximum atomic E-state index is 12.5. The van der Waals surface area contributed by atoms with Crippen molar-refractivity contribution in [2.75, 3.05) is 13.1 Å². The van der Waals surface area contributed by atoms with Crippen molar-refractivity contribution >= 4 is 29.6 Å². The second-order valence-electron chi connectivity index (χ2n) is 6.22. The molecule has 0 atom stereocenters. The molecule has 0 bridgehead atoms. The predicted molar refractivity (Wildman–Crippen MR) is 93.2 cm³/mol. The number of carbonyl (C=O) groups is 1. The number of piperidine rings is 1. The normalized spacial score (nSPS) is 16.4. The summed E-state index contributed by atoms with van der Waals surface area (Å²) in [6.07, 6.45) is 2.44. The number of carbonyl (C=O) groups excluding carboxylic acids is 1. The molecule has 0 spiro atoms. The summed E-state index contributed by atoms with van der Waals surface area (Å²) < 4.78 is 2.99. The Kier molecular flexibility index (Phi) is 4.45. The van der Waals surface area contributed by atoms with E-state index in [0.717, 1.165) is 37.0 Å². The lowest BCUT2D eigenvalue weighted by atomic mass is 10.0. The van der Waals surface area contributed by atoms with Crippen molar-refractivity contribution in [1.82, 2.24) is 14.6 Å². The van der Waals surface area contributed by atoms with Crippen LogP contribution < -0.4 is 4.72 Å². The third-order valence-electron chi connectivity index (χ3n) is 4.76. The molecule has 2 heterocycles. The Morgan fingerprint density at radius 2 is 2.09 bits per heavy atom. The zero-order valence-corrected chi connectivity index (χ0v) is 14.0. The smallest absolute Gasteiger partial charge is 0.226 e. The van der Waals surface area contributed by atoms with E-state index in [2.05, 4.69) is 54.6 Å². The van der Waals surface area contributed by atoms with E-state index in [-0.39, 0.29) is 5.91 Å². The second-order valence-corrected chi connectivity index (χ2v) is 6.47. The van der Waals surface area contributed by atoms with E-state index in [1.807, 2.05) is 4.90 Å². The predicted octanol–water partition coefficient (Wildman–Crippen LogP) is 2.75. The summed E-state index contributed by atoms with van der Waals surface area (Å²) in [5.41, 5.74) is 4.70. The van der Waals surface area contributed by atoms with Crippen LogP contribution >= 0.6 is 12.8 Å². The van der Waals surface area contributed by atoms with Gasteiger partial charge in [0.05, 0.1) is 6.42 Å². The van der Waals surface area contributed by atoms with Crippen LogP contribution in [0.3, 0.4) is 0 Å². The molecule has 1 saturated heterocycles. The van der Waals surface area contributed by atoms with Crippen molar-refractivity contribution in [2.24, 2.45) is 0 Å². The Morgan fingerprint density at radius 1 is 1.36 bits per heavy atom. The van der Waals surface area contributed by atoms with Gasteiger partial charge in [0, 0.05) is 35.7 Å². The number of nitrogens with one attached hydrogen (secondary N) is 2. The standard InChI is InChI=1S/C17H23N3OS/c1-11-12(2)18-16-4-3-13(9-15(11)16)10-17(21)20-7-5-14(19-22)6-8-20/h3-4,9,14,18-19,22H,5-8,10H2,1-2H3. The van der Waals surface area contributed by atoms with Gasteiger partial charge in [-0.05, 0) is 49.9 Å². The minimum absolute atomic E-state index is 0.224. The van der Waals surface area contributed by atoms with Crippen LogP contribution in [-0.2, 0) is 11.2 Å². The van der Waals surface area contributed by atoms with E-state index in [4.69, 9.17) is 0 Å². The molecule has 0 aliphatic carbocycles. The molecule has 22 heavy (non-hydrogen) atoms. The first-order valence-corrected chi connectivity index (χ1v) is 8.28. The minimum Gasteiger partial charge on any atom is -0.358 e. The third-order valence-corrected chi connectivity index (χ3v) is 5.12. The van der Waals surface area contributed by atoms with Crippen LogP contribution in [0.4, 0.5) is 0 Å². The SMILES string of the molecule is Cc1[nH]c2ccc(CC(=O)N3CCC(NS)CC3)cc2c1C. The molecule has 4 nitrogen and oxygen atoms in total. The first kappa shape index (κ1) is 15.4. The van der Waals surface area contributed by atoms with Gasteiger partial charge < -0.3 is 9.88 Å². The molecule has 3 rings (SSSR count). The number of nitrogens with zero attached hydrogens (tertiary/aromatic N) is 1. The summed E-state index contributed by atoms with van der Waals surface area (Å²) in [4.78, 5) is 17.8. The molecule has 5 heteroatoms. The molecule has 0 radical (unpaired) electrons. The van der Waals surface area contributed by atoms with Crippen molar-refractivity contribution in [3.8, 4) is 0 Å². The molecule has 118 valence electrons. The first-order valence-electron chi connectivity index (χ1n) is 7.83. The van der Waals surface area contributed by atoms with Crippen molar-refractivity contribution in [3.05, 3.63) is 35.0 Å². The quantitative estimate of drug-likeness (QED) is 0.762. The van der Waals surface area contributed by atoms with Crippen LogP contribution in [0.15, 0.2) is 18.2 Å². The number of rotatable bonds is 3. The molecule has 1 aromatic heterocycles. The monoisotopic (exact) mass is 317 g/mol. The van der Waals surface area contributed by atoms with Gasteiger partial charge in [0.1, 0.15) is 0 Å². The maximum absolute atomic E-state index is 12.5. The zero-order valence-electron chi connectivity index (χ0n) is 13.1. The van der Waals surface area contributed by atoms with Crippen LogP contribution in [0, 0.1) is 13.8 Å². The Bertz CT molecular complexity index is 687. The molecule has 1 fully saturated rings. The van der Waals surface area contributed by atoms with Crippen molar-refractivity contribution in [1.29, 1.82) is 0 Å². The number of benzene rings is 1. The molecule has 1 aliphatic rings. The lowest BCUT2D eigenvalue weighted by Gasteiger charge is -2.31. The van der Waals surface area contributed by atoms with Crippen LogP contribution in [0.25, 0.3) is 10.9 Å². The number of likely N-dealkylation sites (tertiary alicyclic amines) is 1. The van der Waals surface area contributed by atoms with Gasteiger partial charge in [0.15, 0.2) is 0 Å². The Hall–Kier alpha value is -1.46. The number of aromatic nitrogens is 1. The highest BCUT2D eigenvalue weighted by atomic mass is 32.1. The van der Waals surface area contributed by atoms with E-state index >= 15 is 0 Å². The first-order chi connectivity index (χ1) is 10.6. The molecular weight excluding hydrogens is 294 g/mol. The number of fused-ring (bicyclic) bond motifs is 1. The number of aryl methyl sites for hydroxylation is 2. The molecule has 1 aliphatic heterocycles. The minimum atomic E-state index is 0.224. The highest BCUT2D eigenvalue weighted by molar-refractivity contribution is 7.78. The third kappa shape index (κ3) is 3.01. The average Bonchev–Trinajstić information content (AvgIpc) is 2.82. The molecule has 1 aromatic carbocycles. The summed E-state index contributed by atoms with van der Waals surface area (Å²) >= 11 is 4.11. The molecule has 0 unspecified atom stereocenters. The van der Waals surface area contributed by atoms with Gasteiger partial charge in [0.2, 0.25) is 5.91 Å². The fraction of sp³-hybridized carbons (Fsp3) is 0.471. The van der Waals surface area contributed by atoms with Crippen LogP contribution in [0.5, 0.6) is 0 Å². The van der Waals surface area contributed by atoms with E-state index in [1.165, 1.54) is 16.6 Å². The number of hydrogen-bond acceptors (Lipinski definition) is 3. The van der Waals surface area contributed by atoms with Gasteiger partial charge in [-0.3, -0.25) is 9.52 Å². The maximum Gasteiger partial charge on any atom is 0.226 e. The highest BCUT2D eigenvalue weighted by Crippen LogP contribution is 2.23. The van der Waals surface area contributed by atoms with Crippen LogP contribution in [0.1, 0.15) is 29.7 Å². The summed E-state index contributed by atoms with van der Waals surface area (Å²) in [6.45, 7) is 5.85. The number of amides is 1. The summed E-state index contributed by atoms with van der Waals surface area (Å²) in [7, 11) is 0. The lowest BCUT2D eigenvalue weighted by Crippen LogP contribution is -2.43. The number of hydrogen-bond donors (Lipinski definition) is 3. The number of aromatic amines is 1. The van der Waals surface area contributed by atoms with E-state index < -0.39 is 0 Å². The average molecular weight is 317 g/mol. The van der Waals surface area contributed by atoms with Crippen molar-refractivity contribution in [3.63, 3.8) is 0 Å². The van der Waals surface area contributed by atoms with Gasteiger partial charge in [0.25, 0.3) is 0 Å². The topological polar surface area (TPSA) is 48.1 Å². The summed E-state index contributed by atoms with van der Waals surface area (Å²) in [5.74, 6) is 0.224. The molecule has 2 aromatic rings. The van der Waals surface area contributed by atoms with E-state index in [0.29, 0.717) is 12.5 Å². The molecule has 0 saturated carbocycles. The Balaban J connectivity index is 1.70. The van der Waals surface area contributed by atoms with Crippen molar-refractivity contribution < 1.29 is 4.79 Å². The molecule has 2 N–H and O–H groups in total. The van der Waals surface area contributed by atoms with Gasteiger partial charge in [-0.1, -0.05) is 18.9 Å². The zero-order chi connectivity index (χ0) is 15.7. The Labute approximate surface area is 136 Å². The fourth-order valence-electron chi connectivity index (χ4n) is 3.16. The largest absolute Gasteiger partial charge is 0.358 e. The van der Waals surface area contributed by atoms with Gasteiger partial charge >= 0.3 is 0 Å². The van der Waals surface area contributed by atoms with Gasteiger partial charge in [-0.15, -0.1) is 0 Å². The summed E-state index contributed by atoms with van der Waals surface area (Å²) in [6, 6.07) is 6.70. The fourth-order valence-corrected chi connectivity index (χ4v) is 3.42. The van der Waals surface area contributed by atoms with Gasteiger partial charge in [-0.2, -0.15) is 0 Å². The molecular formula is C17H23N3OS. The number of thiol groups is 1. The van der Waals surface area contributed by atoms with E-state index in [1.54, 1.807) is 0 Å². The van der Waals surface area contributed by atoms with Crippen LogP contribution in [-0.4, -0.2) is 34.9 Å².